The van der Waals surface area contributed by atoms with Crippen molar-refractivity contribution < 1.29 is 9.84 Å². The second-order valence-corrected chi connectivity index (χ2v) is 5.05. The van der Waals surface area contributed by atoms with Crippen molar-refractivity contribution in [2.45, 2.75) is 25.8 Å². The standard InChI is InChI=1S/C16H21N3O2/c1-3-11-21-14-9-10-17-15(18-14)19-16(2,12-20)13-7-5-4-6-8-13/h4-10,20H,3,11-12H2,1-2H3,(H,17,18,19). The van der Waals surface area contributed by atoms with Crippen LogP contribution >= 0.6 is 0 Å². The van der Waals surface area contributed by atoms with Gasteiger partial charge in [0.25, 0.3) is 0 Å². The van der Waals surface area contributed by atoms with Gasteiger partial charge >= 0.3 is 0 Å². The number of anilines is 1. The summed E-state index contributed by atoms with van der Waals surface area (Å²) in [6.07, 6.45) is 2.56. The Labute approximate surface area is 125 Å². The largest absolute Gasteiger partial charge is 0.478 e. The Morgan fingerprint density at radius 2 is 2.00 bits per heavy atom. The molecular weight excluding hydrogens is 266 g/mol. The molecule has 1 heterocycles. The molecule has 2 rings (SSSR count). The average molecular weight is 287 g/mol. The van der Waals surface area contributed by atoms with Crippen molar-refractivity contribution in [3.05, 3.63) is 48.2 Å². The van der Waals surface area contributed by atoms with Crippen LogP contribution in [0, 0.1) is 0 Å². The molecule has 0 saturated heterocycles. The zero-order valence-corrected chi connectivity index (χ0v) is 12.4. The first-order chi connectivity index (χ1) is 10.2. The van der Waals surface area contributed by atoms with E-state index >= 15 is 0 Å². The fourth-order valence-corrected chi connectivity index (χ4v) is 1.95. The molecule has 2 N–H and O–H groups in total. The summed E-state index contributed by atoms with van der Waals surface area (Å²) in [4.78, 5) is 8.51. The second-order valence-electron chi connectivity index (χ2n) is 5.05. The van der Waals surface area contributed by atoms with Crippen molar-refractivity contribution in [1.29, 1.82) is 0 Å². The Hall–Kier alpha value is -2.14. The molecule has 0 fully saturated rings. The van der Waals surface area contributed by atoms with Gasteiger partial charge in [0, 0.05) is 12.3 Å². The first-order valence-corrected chi connectivity index (χ1v) is 7.08. The van der Waals surface area contributed by atoms with E-state index in [4.69, 9.17) is 4.74 Å². The zero-order chi connectivity index (χ0) is 15.1. The van der Waals surface area contributed by atoms with Crippen LogP contribution in [0.2, 0.25) is 0 Å². The van der Waals surface area contributed by atoms with Gasteiger partial charge in [-0.1, -0.05) is 37.3 Å². The third-order valence-electron chi connectivity index (χ3n) is 3.20. The van der Waals surface area contributed by atoms with Gasteiger partial charge in [-0.2, -0.15) is 4.98 Å². The Morgan fingerprint density at radius 1 is 1.24 bits per heavy atom. The zero-order valence-electron chi connectivity index (χ0n) is 12.4. The first kappa shape index (κ1) is 15.3. The molecular formula is C16H21N3O2. The number of aliphatic hydroxyl groups is 1. The molecule has 0 saturated carbocycles. The van der Waals surface area contributed by atoms with Crippen molar-refractivity contribution >= 4 is 5.95 Å². The van der Waals surface area contributed by atoms with Crippen LogP contribution in [0.5, 0.6) is 5.88 Å². The molecule has 1 unspecified atom stereocenters. The first-order valence-electron chi connectivity index (χ1n) is 7.08. The number of nitrogens with one attached hydrogen (secondary N) is 1. The fourth-order valence-electron chi connectivity index (χ4n) is 1.95. The normalized spacial score (nSPS) is 13.5. The summed E-state index contributed by atoms with van der Waals surface area (Å²) in [7, 11) is 0. The molecule has 21 heavy (non-hydrogen) atoms. The number of benzene rings is 1. The van der Waals surface area contributed by atoms with E-state index in [1.807, 2.05) is 44.2 Å². The molecule has 0 amide bonds. The van der Waals surface area contributed by atoms with Crippen molar-refractivity contribution in [2.75, 3.05) is 18.5 Å². The topological polar surface area (TPSA) is 67.3 Å². The quantitative estimate of drug-likeness (QED) is 0.819. The van der Waals surface area contributed by atoms with Crippen LogP contribution in [-0.4, -0.2) is 28.3 Å². The van der Waals surface area contributed by atoms with E-state index in [-0.39, 0.29) is 6.61 Å². The van der Waals surface area contributed by atoms with E-state index in [0.717, 1.165) is 12.0 Å². The number of rotatable bonds is 7. The molecule has 0 bridgehead atoms. The summed E-state index contributed by atoms with van der Waals surface area (Å²) < 4.78 is 5.50. The molecule has 5 heteroatoms. The van der Waals surface area contributed by atoms with E-state index < -0.39 is 5.54 Å². The summed E-state index contributed by atoms with van der Waals surface area (Å²) >= 11 is 0. The van der Waals surface area contributed by atoms with Gasteiger partial charge < -0.3 is 15.2 Å². The smallest absolute Gasteiger partial charge is 0.226 e. The van der Waals surface area contributed by atoms with E-state index in [0.29, 0.717) is 18.4 Å². The van der Waals surface area contributed by atoms with Gasteiger partial charge in [0.2, 0.25) is 11.8 Å². The SMILES string of the molecule is CCCOc1ccnc(NC(C)(CO)c2ccccc2)n1. The predicted molar refractivity (Wildman–Crippen MR) is 82.3 cm³/mol. The summed E-state index contributed by atoms with van der Waals surface area (Å²) in [6, 6.07) is 11.5. The third-order valence-corrected chi connectivity index (χ3v) is 3.20. The summed E-state index contributed by atoms with van der Waals surface area (Å²) in [6.45, 7) is 4.50. The van der Waals surface area contributed by atoms with Crippen LogP contribution in [-0.2, 0) is 5.54 Å². The van der Waals surface area contributed by atoms with Crippen molar-refractivity contribution in [3.8, 4) is 5.88 Å². The maximum absolute atomic E-state index is 9.76. The van der Waals surface area contributed by atoms with Crippen LogP contribution in [0.25, 0.3) is 0 Å². The van der Waals surface area contributed by atoms with Gasteiger partial charge in [-0.05, 0) is 18.9 Å². The van der Waals surface area contributed by atoms with E-state index in [1.165, 1.54) is 0 Å². The van der Waals surface area contributed by atoms with Crippen molar-refractivity contribution in [1.82, 2.24) is 9.97 Å². The lowest BCUT2D eigenvalue weighted by Gasteiger charge is -2.29. The fraction of sp³-hybridized carbons (Fsp3) is 0.375. The van der Waals surface area contributed by atoms with Gasteiger partial charge in [-0.3, -0.25) is 0 Å². The molecule has 0 spiro atoms. The minimum Gasteiger partial charge on any atom is -0.478 e. The Morgan fingerprint density at radius 3 is 2.67 bits per heavy atom. The molecule has 2 aromatic rings. The summed E-state index contributed by atoms with van der Waals surface area (Å²) in [5.41, 5.74) is 0.320. The molecule has 1 aromatic carbocycles. The lowest BCUT2D eigenvalue weighted by molar-refractivity contribution is 0.223. The second kappa shape index (κ2) is 7.04. The lowest BCUT2D eigenvalue weighted by atomic mass is 9.93. The highest BCUT2D eigenvalue weighted by Gasteiger charge is 2.26. The number of aromatic nitrogens is 2. The van der Waals surface area contributed by atoms with E-state index in [1.54, 1.807) is 12.3 Å². The Kier molecular flexibility index (Phi) is 5.11. The van der Waals surface area contributed by atoms with E-state index in [9.17, 15) is 5.11 Å². The Balaban J connectivity index is 2.18. The van der Waals surface area contributed by atoms with E-state index in [2.05, 4.69) is 15.3 Å². The molecule has 0 radical (unpaired) electrons. The molecule has 112 valence electrons. The van der Waals surface area contributed by atoms with Gasteiger partial charge in [-0.25, -0.2) is 4.98 Å². The lowest BCUT2D eigenvalue weighted by Crippen LogP contribution is -2.36. The van der Waals surface area contributed by atoms with Crippen LogP contribution in [0.1, 0.15) is 25.8 Å². The maximum Gasteiger partial charge on any atom is 0.226 e. The van der Waals surface area contributed by atoms with Crippen LogP contribution in [0.15, 0.2) is 42.6 Å². The molecule has 1 atom stereocenters. The average Bonchev–Trinajstić information content (AvgIpc) is 2.54. The minimum absolute atomic E-state index is 0.0690. The highest BCUT2D eigenvalue weighted by molar-refractivity contribution is 5.37. The van der Waals surface area contributed by atoms with Crippen molar-refractivity contribution in [2.24, 2.45) is 0 Å². The van der Waals surface area contributed by atoms with Gasteiger partial charge in [0.1, 0.15) is 0 Å². The van der Waals surface area contributed by atoms with Gasteiger partial charge in [0.15, 0.2) is 0 Å². The van der Waals surface area contributed by atoms with Crippen LogP contribution < -0.4 is 10.1 Å². The number of hydrogen-bond donors (Lipinski definition) is 2. The molecule has 5 nitrogen and oxygen atoms in total. The maximum atomic E-state index is 9.76. The molecule has 0 aliphatic carbocycles. The number of nitrogens with zero attached hydrogens (tertiary/aromatic N) is 2. The van der Waals surface area contributed by atoms with Crippen molar-refractivity contribution in [3.63, 3.8) is 0 Å². The molecule has 0 aliphatic heterocycles. The highest BCUT2D eigenvalue weighted by atomic mass is 16.5. The summed E-state index contributed by atoms with van der Waals surface area (Å²) in [5, 5.41) is 12.9. The number of ether oxygens (including phenoxy) is 1. The Bertz CT molecular complexity index is 562. The van der Waals surface area contributed by atoms with Gasteiger partial charge in [0.05, 0.1) is 18.8 Å². The highest BCUT2D eigenvalue weighted by Crippen LogP contribution is 2.24. The summed E-state index contributed by atoms with van der Waals surface area (Å²) in [5.74, 6) is 0.965. The van der Waals surface area contributed by atoms with Crippen LogP contribution in [0.3, 0.4) is 0 Å². The minimum atomic E-state index is -0.648. The van der Waals surface area contributed by atoms with Gasteiger partial charge in [-0.15, -0.1) is 0 Å². The predicted octanol–water partition coefficient (Wildman–Crippen LogP) is 2.59. The molecule has 0 aliphatic rings. The third kappa shape index (κ3) is 3.92. The number of aliphatic hydroxyl groups excluding tert-OH is 1. The molecule has 1 aromatic heterocycles. The monoisotopic (exact) mass is 287 g/mol. The van der Waals surface area contributed by atoms with Crippen LogP contribution in [0.4, 0.5) is 5.95 Å². The number of hydrogen-bond acceptors (Lipinski definition) is 5.